The number of carbonyl (C=O) groups excluding carboxylic acids is 1. The van der Waals surface area contributed by atoms with Crippen LogP contribution in [0.1, 0.15) is 6.92 Å². The number of hydrogen-bond donors (Lipinski definition) is 8. The number of carbonyl (C=O) groups is 1. The summed E-state index contributed by atoms with van der Waals surface area (Å²) in [6.45, 7) is 0.272. The Labute approximate surface area is 125 Å². The van der Waals surface area contributed by atoms with Crippen LogP contribution in [-0.2, 0) is 9.53 Å². The second-order valence-electron chi connectivity index (χ2n) is 5.40. The average Bonchev–Trinajstić information content (AvgIpc) is 2.52. The van der Waals surface area contributed by atoms with Gasteiger partial charge >= 0.3 is 0 Å². The van der Waals surface area contributed by atoms with Crippen molar-refractivity contribution in [3.8, 4) is 0 Å². The molecule has 1 heterocycles. The number of aliphatic hydroxyl groups is 8. The van der Waals surface area contributed by atoms with Crippen LogP contribution in [0, 0.1) is 0 Å². The molecule has 9 atom stereocenters. The van der Waals surface area contributed by atoms with E-state index in [-0.39, 0.29) is 6.29 Å². The largest absolute Gasteiger partial charge is 0.394 e. The molecule has 22 heavy (non-hydrogen) atoms. The van der Waals surface area contributed by atoms with Crippen LogP contribution >= 0.6 is 0 Å². The lowest BCUT2D eigenvalue weighted by molar-refractivity contribution is -0.300. The van der Waals surface area contributed by atoms with Crippen LogP contribution in [0.25, 0.3) is 0 Å². The third-order valence-corrected chi connectivity index (χ3v) is 3.94. The maximum Gasteiger partial charge on any atom is 0.154 e. The molecule has 0 aromatic rings. The van der Waals surface area contributed by atoms with Crippen molar-refractivity contribution in [1.82, 2.24) is 0 Å². The Morgan fingerprint density at radius 1 is 1.14 bits per heavy atom. The van der Waals surface area contributed by atoms with Gasteiger partial charge in [0, 0.05) is 0 Å². The molecule has 0 aromatic carbocycles. The van der Waals surface area contributed by atoms with E-state index in [0.29, 0.717) is 0 Å². The summed E-state index contributed by atoms with van der Waals surface area (Å²) >= 11 is 0. The fourth-order valence-corrected chi connectivity index (χ4v) is 2.46. The van der Waals surface area contributed by atoms with Crippen molar-refractivity contribution in [3.63, 3.8) is 0 Å². The number of aldehydes is 1. The van der Waals surface area contributed by atoms with Crippen molar-refractivity contribution in [1.29, 1.82) is 0 Å². The number of aliphatic hydroxyl groups excluding tert-OH is 7. The summed E-state index contributed by atoms with van der Waals surface area (Å²) in [6.07, 6.45) is -15.0. The van der Waals surface area contributed by atoms with E-state index in [9.17, 15) is 40.5 Å². The standard InChI is InChI=1S/C12H22O10/c1-4-7(17)8(18)9(19)11(22-4)12(21,6(16)3-14)10(20)5(15)2-13/h3-11,13,15-21H,2H2,1H3/t4-,5+,6-,7-,8+,9+,10-,11?,12+/m0/s1. The maximum absolute atomic E-state index is 10.8. The van der Waals surface area contributed by atoms with Gasteiger partial charge in [0.2, 0.25) is 0 Å². The Bertz CT molecular complexity index is 379. The Balaban J connectivity index is 3.24. The van der Waals surface area contributed by atoms with Gasteiger partial charge in [-0.05, 0) is 6.92 Å². The monoisotopic (exact) mass is 326 g/mol. The molecular formula is C12H22O10. The topological polar surface area (TPSA) is 188 Å². The van der Waals surface area contributed by atoms with Gasteiger partial charge in [-0.15, -0.1) is 0 Å². The van der Waals surface area contributed by atoms with E-state index in [0.717, 1.165) is 0 Å². The summed E-state index contributed by atoms with van der Waals surface area (Å²) in [4.78, 5) is 10.8. The molecular weight excluding hydrogens is 304 g/mol. The van der Waals surface area contributed by atoms with Crippen LogP contribution in [0.3, 0.4) is 0 Å². The molecule has 10 heteroatoms. The molecule has 130 valence electrons. The van der Waals surface area contributed by atoms with Crippen molar-refractivity contribution in [2.75, 3.05) is 6.61 Å². The minimum absolute atomic E-state index is 0.161. The van der Waals surface area contributed by atoms with Crippen molar-refractivity contribution in [2.24, 2.45) is 0 Å². The molecule has 0 amide bonds. The number of rotatable bonds is 6. The van der Waals surface area contributed by atoms with Crippen molar-refractivity contribution < 1.29 is 50.4 Å². The van der Waals surface area contributed by atoms with Crippen molar-refractivity contribution >= 4 is 6.29 Å². The minimum Gasteiger partial charge on any atom is -0.394 e. The summed E-state index contributed by atoms with van der Waals surface area (Å²) in [5.74, 6) is 0. The van der Waals surface area contributed by atoms with Crippen molar-refractivity contribution in [2.45, 2.75) is 61.4 Å². The molecule has 0 radical (unpaired) electrons. The highest BCUT2D eigenvalue weighted by Crippen LogP contribution is 2.33. The number of ether oxygens (including phenoxy) is 1. The quantitative estimate of drug-likeness (QED) is 0.219. The first-order chi connectivity index (χ1) is 10.1. The molecule has 0 spiro atoms. The molecule has 0 aromatic heterocycles. The summed E-state index contributed by atoms with van der Waals surface area (Å²) in [5.41, 5.74) is -2.93. The Kier molecular flexibility index (Phi) is 6.38. The summed E-state index contributed by atoms with van der Waals surface area (Å²) < 4.78 is 5.10. The average molecular weight is 326 g/mol. The molecule has 8 N–H and O–H groups in total. The van der Waals surface area contributed by atoms with Crippen LogP contribution < -0.4 is 0 Å². The highest BCUT2D eigenvalue weighted by Gasteiger charge is 2.59. The van der Waals surface area contributed by atoms with Gasteiger partial charge in [0.05, 0.1) is 12.7 Å². The summed E-state index contributed by atoms with van der Waals surface area (Å²) in [5, 5.41) is 77.7. The van der Waals surface area contributed by atoms with Crippen LogP contribution in [-0.4, -0.2) is 108 Å². The zero-order valence-corrected chi connectivity index (χ0v) is 11.8. The molecule has 1 rings (SSSR count). The van der Waals surface area contributed by atoms with Gasteiger partial charge in [-0.1, -0.05) is 0 Å². The smallest absolute Gasteiger partial charge is 0.154 e. The minimum atomic E-state index is -2.93. The zero-order chi connectivity index (χ0) is 17.2. The molecule has 0 bridgehead atoms. The van der Waals surface area contributed by atoms with Crippen LogP contribution in [0.2, 0.25) is 0 Å². The highest BCUT2D eigenvalue weighted by atomic mass is 16.6. The second kappa shape index (κ2) is 7.25. The van der Waals surface area contributed by atoms with E-state index in [1.165, 1.54) is 6.92 Å². The second-order valence-corrected chi connectivity index (χ2v) is 5.40. The molecule has 1 saturated heterocycles. The summed E-state index contributed by atoms with van der Waals surface area (Å²) in [6, 6.07) is 0. The normalized spacial score (nSPS) is 39.6. The van der Waals surface area contributed by atoms with E-state index in [2.05, 4.69) is 0 Å². The van der Waals surface area contributed by atoms with Gasteiger partial charge in [0.15, 0.2) is 11.9 Å². The molecule has 0 aliphatic carbocycles. The van der Waals surface area contributed by atoms with Crippen LogP contribution in [0.4, 0.5) is 0 Å². The van der Waals surface area contributed by atoms with Gasteiger partial charge in [0.1, 0.15) is 42.7 Å². The third-order valence-electron chi connectivity index (χ3n) is 3.94. The molecule has 1 aliphatic heterocycles. The van der Waals surface area contributed by atoms with Gasteiger partial charge in [-0.3, -0.25) is 0 Å². The molecule has 1 aliphatic rings. The van der Waals surface area contributed by atoms with Gasteiger partial charge in [0.25, 0.3) is 0 Å². The molecule has 1 fully saturated rings. The fourth-order valence-electron chi connectivity index (χ4n) is 2.46. The lowest BCUT2D eigenvalue weighted by atomic mass is 9.76. The van der Waals surface area contributed by atoms with E-state index in [1.54, 1.807) is 0 Å². The summed E-state index contributed by atoms with van der Waals surface area (Å²) in [7, 11) is 0. The fraction of sp³-hybridized carbons (Fsp3) is 0.917. The van der Waals surface area contributed by atoms with Gasteiger partial charge in [-0.2, -0.15) is 0 Å². The van der Waals surface area contributed by atoms with Gasteiger partial charge in [-0.25, -0.2) is 0 Å². The van der Waals surface area contributed by atoms with Crippen LogP contribution in [0.5, 0.6) is 0 Å². The SMILES string of the molecule is C[C@@H]1OC([C@@](O)([C@@H](O)C=O)[C@@H](O)[C@H](O)CO)[C@H](O)[C@H](O)[C@H]1O. The first kappa shape index (κ1) is 19.4. The predicted molar refractivity (Wildman–Crippen MR) is 68.5 cm³/mol. The van der Waals surface area contributed by atoms with E-state index < -0.39 is 61.0 Å². The lowest BCUT2D eigenvalue weighted by Gasteiger charge is -2.49. The van der Waals surface area contributed by atoms with Crippen molar-refractivity contribution in [3.05, 3.63) is 0 Å². The zero-order valence-electron chi connectivity index (χ0n) is 11.8. The maximum atomic E-state index is 10.8. The molecule has 10 nitrogen and oxygen atoms in total. The van der Waals surface area contributed by atoms with E-state index in [1.807, 2.05) is 0 Å². The molecule has 0 saturated carbocycles. The Morgan fingerprint density at radius 3 is 2.14 bits per heavy atom. The lowest BCUT2D eigenvalue weighted by Crippen LogP contribution is -2.72. The third kappa shape index (κ3) is 3.15. The Hall–Kier alpha value is -0.690. The van der Waals surface area contributed by atoms with Crippen LogP contribution in [0.15, 0.2) is 0 Å². The highest BCUT2D eigenvalue weighted by molar-refractivity contribution is 5.59. The predicted octanol–water partition coefficient (Wildman–Crippen LogP) is -5.14. The first-order valence-corrected chi connectivity index (χ1v) is 6.65. The first-order valence-electron chi connectivity index (χ1n) is 6.65. The van der Waals surface area contributed by atoms with E-state index in [4.69, 9.17) is 9.84 Å². The number of hydrogen-bond acceptors (Lipinski definition) is 10. The van der Waals surface area contributed by atoms with E-state index >= 15 is 0 Å². The van der Waals surface area contributed by atoms with Gasteiger partial charge < -0.3 is 50.4 Å². The molecule has 1 unspecified atom stereocenters. The Morgan fingerprint density at radius 2 is 1.68 bits per heavy atom.